The van der Waals surface area contributed by atoms with E-state index in [2.05, 4.69) is 0 Å². The maximum Gasteiger partial charge on any atom is 0.146 e. The van der Waals surface area contributed by atoms with Crippen molar-refractivity contribution < 1.29 is 4.79 Å². The molecule has 1 nitrogen and oxygen atoms in total. The molecule has 2 aliphatic rings. The van der Waals surface area contributed by atoms with E-state index in [9.17, 15) is 4.79 Å². The van der Waals surface area contributed by atoms with Gasteiger partial charge in [-0.15, -0.1) is 0 Å². The van der Waals surface area contributed by atoms with Crippen molar-refractivity contribution in [2.45, 2.75) is 25.7 Å². The molecule has 0 aliphatic heterocycles. The molecule has 2 aliphatic carbocycles. The Kier molecular flexibility index (Phi) is 2.44. The summed E-state index contributed by atoms with van der Waals surface area (Å²) in [6.45, 7) is 0. The zero-order valence-electron chi connectivity index (χ0n) is 7.58. The number of ketones is 1. The molecule has 3 unspecified atom stereocenters. The van der Waals surface area contributed by atoms with Crippen molar-refractivity contribution in [1.82, 2.24) is 0 Å². The van der Waals surface area contributed by atoms with E-state index < -0.39 is 0 Å². The van der Waals surface area contributed by atoms with Gasteiger partial charge in [0.2, 0.25) is 0 Å². The number of rotatable bonds is 3. The Bertz CT molecular complexity index is 190. The highest BCUT2D eigenvalue weighted by Crippen LogP contribution is 2.48. The van der Waals surface area contributed by atoms with Gasteiger partial charge < -0.3 is 0 Å². The normalized spacial score (nSPS) is 38.9. The van der Waals surface area contributed by atoms with Crippen molar-refractivity contribution in [2.24, 2.45) is 17.8 Å². The summed E-state index contributed by atoms with van der Waals surface area (Å²) in [7, 11) is 0. The second kappa shape index (κ2) is 3.41. The highest BCUT2D eigenvalue weighted by Gasteiger charge is 2.42. The molecule has 0 aromatic rings. The number of hydrogen-bond donors (Lipinski definition) is 0. The first-order valence-corrected chi connectivity index (χ1v) is 6.22. The van der Waals surface area contributed by atoms with Gasteiger partial charge in [-0.25, -0.2) is 0 Å². The second-order valence-electron chi connectivity index (χ2n) is 4.18. The molecule has 2 bridgehead atoms. The van der Waals surface area contributed by atoms with Crippen molar-refractivity contribution >= 4 is 17.5 Å². The first kappa shape index (κ1) is 8.61. The summed E-state index contributed by atoms with van der Waals surface area (Å²) in [5.74, 6) is 3.40. The summed E-state index contributed by atoms with van der Waals surface area (Å²) in [5, 5.41) is 0. The minimum atomic E-state index is 0.455. The van der Waals surface area contributed by atoms with E-state index in [0.29, 0.717) is 11.7 Å². The average molecular weight is 184 g/mol. The quantitative estimate of drug-likeness (QED) is 0.669. The monoisotopic (exact) mass is 184 g/mol. The Morgan fingerprint density at radius 1 is 1.42 bits per heavy atom. The van der Waals surface area contributed by atoms with Crippen LogP contribution in [0.25, 0.3) is 0 Å². The van der Waals surface area contributed by atoms with Gasteiger partial charge in [-0.2, -0.15) is 11.8 Å². The third-order valence-electron chi connectivity index (χ3n) is 3.44. The molecule has 0 aromatic heterocycles. The molecule has 12 heavy (non-hydrogen) atoms. The number of fused-ring (bicyclic) bond motifs is 2. The predicted octanol–water partition coefficient (Wildman–Crippen LogP) is 2.35. The van der Waals surface area contributed by atoms with Crippen LogP contribution in [0.1, 0.15) is 25.7 Å². The molecule has 0 heterocycles. The molecular formula is C10H16OS. The van der Waals surface area contributed by atoms with E-state index in [1.54, 1.807) is 11.8 Å². The van der Waals surface area contributed by atoms with Crippen LogP contribution in [0.15, 0.2) is 0 Å². The first-order chi connectivity index (χ1) is 5.81. The Hall–Kier alpha value is 0.0200. The van der Waals surface area contributed by atoms with Crippen LogP contribution < -0.4 is 0 Å². The van der Waals surface area contributed by atoms with Gasteiger partial charge in [-0.1, -0.05) is 6.42 Å². The smallest absolute Gasteiger partial charge is 0.146 e. The lowest BCUT2D eigenvalue weighted by Gasteiger charge is -2.19. The molecule has 68 valence electrons. The van der Waals surface area contributed by atoms with Crippen LogP contribution in [0.2, 0.25) is 0 Å². The highest BCUT2D eigenvalue weighted by atomic mass is 32.2. The van der Waals surface area contributed by atoms with Crippen LogP contribution in [0.3, 0.4) is 0 Å². The number of carbonyl (C=O) groups excluding carboxylic acids is 1. The van der Waals surface area contributed by atoms with Gasteiger partial charge in [0.1, 0.15) is 5.78 Å². The zero-order chi connectivity index (χ0) is 8.55. The van der Waals surface area contributed by atoms with Crippen LogP contribution in [-0.2, 0) is 4.79 Å². The van der Waals surface area contributed by atoms with Gasteiger partial charge in [0.25, 0.3) is 0 Å². The Balaban J connectivity index is 1.93. The topological polar surface area (TPSA) is 17.1 Å². The van der Waals surface area contributed by atoms with Crippen molar-refractivity contribution in [2.75, 3.05) is 12.0 Å². The molecule has 2 rings (SSSR count). The summed E-state index contributed by atoms with van der Waals surface area (Å²) in [4.78, 5) is 11.6. The van der Waals surface area contributed by atoms with E-state index >= 15 is 0 Å². The second-order valence-corrected chi connectivity index (χ2v) is 5.05. The standard InChI is InChI=1S/C10H16OS/c1-12-6-10(11)9-5-7-2-3-8(9)4-7/h7-9H,2-6H2,1H3. The van der Waals surface area contributed by atoms with Gasteiger partial charge in [-0.3, -0.25) is 4.79 Å². The zero-order valence-corrected chi connectivity index (χ0v) is 8.40. The lowest BCUT2D eigenvalue weighted by Crippen LogP contribution is -2.22. The number of carbonyl (C=O) groups is 1. The third kappa shape index (κ3) is 1.41. The van der Waals surface area contributed by atoms with E-state index in [0.717, 1.165) is 17.6 Å². The minimum absolute atomic E-state index is 0.455. The Labute approximate surface area is 78.3 Å². The Morgan fingerprint density at radius 3 is 2.75 bits per heavy atom. The largest absolute Gasteiger partial charge is 0.298 e. The molecule has 0 saturated heterocycles. The lowest BCUT2D eigenvalue weighted by atomic mass is 9.86. The summed E-state index contributed by atoms with van der Waals surface area (Å²) in [6, 6.07) is 0. The van der Waals surface area contributed by atoms with Crippen LogP contribution in [0.5, 0.6) is 0 Å². The van der Waals surface area contributed by atoms with Crippen LogP contribution in [-0.4, -0.2) is 17.8 Å². The molecule has 0 spiro atoms. The van der Waals surface area contributed by atoms with Crippen molar-refractivity contribution in [1.29, 1.82) is 0 Å². The molecule has 2 heteroatoms. The number of Topliss-reactive ketones (excluding diaryl/α,β-unsaturated/α-hetero) is 1. The third-order valence-corrected chi connectivity index (χ3v) is 4.01. The fourth-order valence-electron chi connectivity index (χ4n) is 2.89. The van der Waals surface area contributed by atoms with E-state index in [1.807, 2.05) is 6.26 Å². The van der Waals surface area contributed by atoms with Gasteiger partial charge in [0.05, 0.1) is 5.75 Å². The van der Waals surface area contributed by atoms with Gasteiger partial charge in [0.15, 0.2) is 0 Å². The van der Waals surface area contributed by atoms with Crippen molar-refractivity contribution in [3.05, 3.63) is 0 Å². The van der Waals surface area contributed by atoms with Gasteiger partial charge >= 0.3 is 0 Å². The molecule has 0 amide bonds. The van der Waals surface area contributed by atoms with Gasteiger partial charge in [-0.05, 0) is 37.4 Å². The van der Waals surface area contributed by atoms with Crippen LogP contribution in [0.4, 0.5) is 0 Å². The van der Waals surface area contributed by atoms with Gasteiger partial charge in [0, 0.05) is 5.92 Å². The van der Waals surface area contributed by atoms with Crippen LogP contribution in [0, 0.1) is 17.8 Å². The average Bonchev–Trinajstić information content (AvgIpc) is 2.64. The summed E-state index contributed by atoms with van der Waals surface area (Å²) >= 11 is 1.67. The fourth-order valence-corrected chi connectivity index (χ4v) is 3.39. The lowest BCUT2D eigenvalue weighted by molar-refractivity contribution is -0.121. The summed E-state index contributed by atoms with van der Waals surface area (Å²) in [6.07, 6.45) is 7.31. The van der Waals surface area contributed by atoms with E-state index in [4.69, 9.17) is 0 Å². The van der Waals surface area contributed by atoms with E-state index in [1.165, 1.54) is 25.7 Å². The fraction of sp³-hybridized carbons (Fsp3) is 0.900. The first-order valence-electron chi connectivity index (χ1n) is 4.83. The SMILES string of the molecule is CSCC(=O)C1CC2CCC1C2. The molecular weight excluding hydrogens is 168 g/mol. The molecule has 3 atom stereocenters. The van der Waals surface area contributed by atoms with Crippen molar-refractivity contribution in [3.8, 4) is 0 Å². The van der Waals surface area contributed by atoms with E-state index in [-0.39, 0.29) is 0 Å². The molecule has 0 N–H and O–H groups in total. The maximum atomic E-state index is 11.6. The maximum absolute atomic E-state index is 11.6. The molecule has 2 fully saturated rings. The minimum Gasteiger partial charge on any atom is -0.298 e. The highest BCUT2D eigenvalue weighted by molar-refractivity contribution is 7.99. The summed E-state index contributed by atoms with van der Waals surface area (Å²) < 4.78 is 0. The number of thioether (sulfide) groups is 1. The summed E-state index contributed by atoms with van der Waals surface area (Å²) in [5.41, 5.74) is 0. The Morgan fingerprint density at radius 2 is 2.25 bits per heavy atom. The molecule has 2 saturated carbocycles. The molecule has 0 radical (unpaired) electrons. The van der Waals surface area contributed by atoms with Crippen LogP contribution >= 0.6 is 11.8 Å². The molecule has 0 aromatic carbocycles. The number of hydrogen-bond acceptors (Lipinski definition) is 2. The predicted molar refractivity (Wildman–Crippen MR) is 52.3 cm³/mol. The van der Waals surface area contributed by atoms with Crippen molar-refractivity contribution in [3.63, 3.8) is 0 Å².